The predicted molar refractivity (Wildman–Crippen MR) is 136 cm³/mol. The standard InChI is InChI=1S/C26H20N4O2P2/c31-33(21-13-5-1-6-14-21,22-15-7-2-8-16-22)25-27-29-26(30-28-25)34(32,23-17-9-3-10-18-23)24-19-11-4-12-20-24/h1-20H. The highest BCUT2D eigenvalue weighted by molar-refractivity contribution is 7.85. The van der Waals surface area contributed by atoms with Gasteiger partial charge in [0.05, 0.1) is 0 Å². The third-order valence-corrected chi connectivity index (χ3v) is 11.1. The third kappa shape index (κ3) is 3.81. The molecule has 34 heavy (non-hydrogen) atoms. The van der Waals surface area contributed by atoms with Crippen molar-refractivity contribution in [1.82, 2.24) is 20.4 Å². The Morgan fingerprint density at radius 3 is 0.765 bits per heavy atom. The summed E-state index contributed by atoms with van der Waals surface area (Å²) in [6.45, 7) is 0. The fourth-order valence-electron chi connectivity index (χ4n) is 3.78. The highest BCUT2D eigenvalue weighted by Gasteiger charge is 2.37. The lowest BCUT2D eigenvalue weighted by molar-refractivity contribution is 0.588. The van der Waals surface area contributed by atoms with E-state index >= 15 is 0 Å². The molecule has 0 N–H and O–H groups in total. The minimum atomic E-state index is -3.43. The summed E-state index contributed by atoms with van der Waals surface area (Å²) in [6, 6.07) is 36.2. The van der Waals surface area contributed by atoms with Gasteiger partial charge in [0, 0.05) is 21.2 Å². The molecule has 5 rings (SSSR count). The molecule has 0 unspecified atom stereocenters. The zero-order valence-corrected chi connectivity index (χ0v) is 19.8. The largest absolute Gasteiger partial charge is 0.305 e. The van der Waals surface area contributed by atoms with Crippen LogP contribution in [0.1, 0.15) is 0 Å². The molecular weight excluding hydrogens is 462 g/mol. The maximum atomic E-state index is 14.4. The van der Waals surface area contributed by atoms with E-state index < -0.39 is 14.3 Å². The van der Waals surface area contributed by atoms with Crippen LogP contribution in [0.25, 0.3) is 0 Å². The van der Waals surface area contributed by atoms with Gasteiger partial charge in [0.25, 0.3) is 0 Å². The molecule has 0 aliphatic carbocycles. The molecule has 0 radical (unpaired) electrons. The van der Waals surface area contributed by atoms with Crippen LogP contribution in [-0.2, 0) is 9.13 Å². The second kappa shape index (κ2) is 9.26. The normalized spacial score (nSPS) is 11.8. The van der Waals surface area contributed by atoms with Crippen LogP contribution in [0.4, 0.5) is 0 Å². The zero-order chi connectivity index (χ0) is 23.4. The number of nitrogens with zero attached hydrogens (tertiary/aromatic N) is 4. The fraction of sp³-hybridized carbons (Fsp3) is 0. The summed E-state index contributed by atoms with van der Waals surface area (Å²) in [6.07, 6.45) is 0. The van der Waals surface area contributed by atoms with Crippen molar-refractivity contribution in [2.24, 2.45) is 0 Å². The molecule has 1 aromatic heterocycles. The van der Waals surface area contributed by atoms with Gasteiger partial charge >= 0.3 is 0 Å². The molecule has 4 aromatic carbocycles. The van der Waals surface area contributed by atoms with Crippen LogP contribution in [0, 0.1) is 0 Å². The van der Waals surface area contributed by atoms with Gasteiger partial charge in [0.1, 0.15) is 0 Å². The van der Waals surface area contributed by atoms with Gasteiger partial charge in [-0.3, -0.25) is 0 Å². The Hall–Kier alpha value is -3.72. The van der Waals surface area contributed by atoms with Gasteiger partial charge in [-0.1, -0.05) is 121 Å². The fourth-order valence-corrected chi connectivity index (χ4v) is 8.35. The van der Waals surface area contributed by atoms with Crippen molar-refractivity contribution in [3.8, 4) is 0 Å². The Balaban J connectivity index is 1.67. The lowest BCUT2D eigenvalue weighted by Gasteiger charge is -2.19. The van der Waals surface area contributed by atoms with Gasteiger partial charge in [-0.05, 0) is 0 Å². The topological polar surface area (TPSA) is 85.7 Å². The van der Waals surface area contributed by atoms with E-state index in [2.05, 4.69) is 20.4 Å². The van der Waals surface area contributed by atoms with Crippen LogP contribution in [-0.4, -0.2) is 20.4 Å². The van der Waals surface area contributed by atoms with Crippen molar-refractivity contribution in [3.05, 3.63) is 121 Å². The highest BCUT2D eigenvalue weighted by atomic mass is 31.2. The summed E-state index contributed by atoms with van der Waals surface area (Å²) in [4.78, 5) is 0. The first-order valence-electron chi connectivity index (χ1n) is 10.6. The molecular formula is C26H20N4O2P2. The number of hydrogen-bond donors (Lipinski definition) is 0. The molecule has 8 heteroatoms. The van der Waals surface area contributed by atoms with E-state index in [1.54, 1.807) is 48.5 Å². The number of rotatable bonds is 6. The van der Waals surface area contributed by atoms with Gasteiger partial charge in [0.15, 0.2) is 0 Å². The van der Waals surface area contributed by atoms with Crippen LogP contribution < -0.4 is 32.3 Å². The van der Waals surface area contributed by atoms with Crippen molar-refractivity contribution >= 4 is 46.6 Å². The molecule has 0 saturated heterocycles. The van der Waals surface area contributed by atoms with E-state index in [-0.39, 0.29) is 11.1 Å². The minimum Gasteiger partial charge on any atom is -0.305 e. The lowest BCUT2D eigenvalue weighted by Crippen LogP contribution is -2.37. The SMILES string of the molecule is O=P(c1ccccc1)(c1ccccc1)c1nnc(P(=O)(c2ccccc2)c2ccccc2)nn1. The molecule has 0 aliphatic heterocycles. The molecule has 0 bridgehead atoms. The van der Waals surface area contributed by atoms with Crippen LogP contribution in [0.3, 0.4) is 0 Å². The van der Waals surface area contributed by atoms with Crippen molar-refractivity contribution in [2.75, 3.05) is 0 Å². The average molecular weight is 482 g/mol. The smallest absolute Gasteiger partial charge is 0.240 e. The predicted octanol–water partition coefficient (Wildman–Crippen LogP) is 2.55. The first-order valence-corrected chi connectivity index (χ1v) is 14.1. The summed E-state index contributed by atoms with van der Waals surface area (Å²) < 4.78 is 28.9. The van der Waals surface area contributed by atoms with E-state index in [0.717, 1.165) is 0 Å². The average Bonchev–Trinajstić information content (AvgIpc) is 2.94. The number of aromatic nitrogens is 4. The molecule has 5 aromatic rings. The van der Waals surface area contributed by atoms with Crippen LogP contribution in [0.2, 0.25) is 0 Å². The van der Waals surface area contributed by atoms with Crippen molar-refractivity contribution < 1.29 is 9.13 Å². The molecule has 0 atom stereocenters. The molecule has 6 nitrogen and oxygen atoms in total. The second-order valence-electron chi connectivity index (χ2n) is 7.56. The number of benzene rings is 4. The Morgan fingerprint density at radius 2 is 0.559 bits per heavy atom. The van der Waals surface area contributed by atoms with Gasteiger partial charge in [-0.25, -0.2) is 0 Å². The van der Waals surface area contributed by atoms with Gasteiger partial charge in [-0.15, -0.1) is 20.4 Å². The molecule has 1 heterocycles. The van der Waals surface area contributed by atoms with Gasteiger partial charge < -0.3 is 9.13 Å². The molecule has 166 valence electrons. The molecule has 0 saturated carbocycles. The quantitative estimate of drug-likeness (QED) is 0.346. The van der Waals surface area contributed by atoms with Crippen LogP contribution in [0.15, 0.2) is 121 Å². The molecule has 0 amide bonds. The third-order valence-electron chi connectivity index (χ3n) is 5.50. The molecule has 0 fully saturated rings. The number of hydrogen-bond acceptors (Lipinski definition) is 6. The first kappa shape index (κ1) is 22.1. The summed E-state index contributed by atoms with van der Waals surface area (Å²) in [5, 5.41) is 19.4. The Labute approximate surface area is 197 Å². The van der Waals surface area contributed by atoms with Gasteiger partial charge in [0.2, 0.25) is 25.4 Å². The zero-order valence-electron chi connectivity index (χ0n) is 18.0. The summed E-state index contributed by atoms with van der Waals surface area (Å²) >= 11 is 0. The van der Waals surface area contributed by atoms with Crippen molar-refractivity contribution in [3.63, 3.8) is 0 Å². The Morgan fingerprint density at radius 1 is 0.353 bits per heavy atom. The highest BCUT2D eigenvalue weighted by Crippen LogP contribution is 2.42. The summed E-state index contributed by atoms with van der Waals surface area (Å²) in [5.74, 6) is 0. The van der Waals surface area contributed by atoms with Crippen molar-refractivity contribution in [2.45, 2.75) is 0 Å². The molecule has 0 aliphatic rings. The Bertz CT molecular complexity index is 1280. The van der Waals surface area contributed by atoms with Gasteiger partial charge in [-0.2, -0.15) is 0 Å². The summed E-state index contributed by atoms with van der Waals surface area (Å²) in [5.41, 5.74) is 0.00245. The maximum Gasteiger partial charge on any atom is 0.240 e. The van der Waals surface area contributed by atoms with Crippen LogP contribution in [0.5, 0.6) is 0 Å². The van der Waals surface area contributed by atoms with Crippen LogP contribution >= 0.6 is 14.3 Å². The van der Waals surface area contributed by atoms with E-state index in [0.29, 0.717) is 21.2 Å². The van der Waals surface area contributed by atoms with E-state index in [9.17, 15) is 9.13 Å². The Kier molecular flexibility index (Phi) is 6.02. The summed E-state index contributed by atoms with van der Waals surface area (Å²) in [7, 11) is -6.86. The second-order valence-corrected chi connectivity index (χ2v) is 12.9. The monoisotopic (exact) mass is 482 g/mol. The van der Waals surface area contributed by atoms with E-state index in [4.69, 9.17) is 0 Å². The van der Waals surface area contributed by atoms with E-state index in [1.165, 1.54) is 0 Å². The molecule has 0 spiro atoms. The van der Waals surface area contributed by atoms with Crippen molar-refractivity contribution in [1.29, 1.82) is 0 Å². The lowest BCUT2D eigenvalue weighted by atomic mass is 10.4. The maximum absolute atomic E-state index is 14.4. The minimum absolute atomic E-state index is 0.00123. The van der Waals surface area contributed by atoms with E-state index in [1.807, 2.05) is 72.8 Å². The first-order chi connectivity index (χ1) is 16.6.